The molecule has 1 aromatic heterocycles. The first-order chi connectivity index (χ1) is 15.1. The molecular weight excluding hydrogens is 401 g/mol. The minimum Gasteiger partial charge on any atom is -0.494 e. The average molecular weight is 429 g/mol. The van der Waals surface area contributed by atoms with E-state index in [1.807, 2.05) is 0 Å². The first kappa shape index (κ1) is 21.5. The summed E-state index contributed by atoms with van der Waals surface area (Å²) >= 11 is 0. The highest BCUT2D eigenvalue weighted by Gasteiger charge is 2.28. The Kier molecular flexibility index (Phi) is 6.67. The number of aliphatic hydroxyl groups excluding tert-OH is 1. The van der Waals surface area contributed by atoms with E-state index in [1.54, 1.807) is 24.4 Å². The molecule has 2 aliphatic rings. The van der Waals surface area contributed by atoms with Gasteiger partial charge < -0.3 is 14.7 Å². The van der Waals surface area contributed by atoms with Crippen LogP contribution in [0, 0.1) is 11.7 Å². The molecule has 1 aromatic carbocycles. The molecule has 1 amide bonds. The van der Waals surface area contributed by atoms with Crippen molar-refractivity contribution in [2.24, 2.45) is 5.92 Å². The van der Waals surface area contributed by atoms with Gasteiger partial charge in [0, 0.05) is 12.7 Å². The van der Waals surface area contributed by atoms with Crippen molar-refractivity contribution in [2.75, 3.05) is 31.8 Å². The molecule has 1 saturated heterocycles. The highest BCUT2D eigenvalue weighted by atomic mass is 19.1. The van der Waals surface area contributed by atoms with Crippen LogP contribution in [0.15, 0.2) is 36.7 Å². The van der Waals surface area contributed by atoms with Crippen molar-refractivity contribution in [1.29, 1.82) is 0 Å². The number of carbonyl (C=O) groups excluding carboxylic acids is 1. The second kappa shape index (κ2) is 9.62. The molecule has 0 bridgehead atoms. The van der Waals surface area contributed by atoms with Crippen LogP contribution in [0.2, 0.25) is 0 Å². The molecule has 1 N–H and O–H groups in total. The quantitative estimate of drug-likeness (QED) is 0.617. The van der Waals surface area contributed by atoms with Crippen molar-refractivity contribution >= 4 is 11.6 Å². The highest BCUT2D eigenvalue weighted by molar-refractivity contribution is 5.94. The number of carbonyl (C=O) groups is 1. The van der Waals surface area contributed by atoms with Gasteiger partial charge in [-0.15, -0.1) is 0 Å². The average Bonchev–Trinajstić information content (AvgIpc) is 3.50. The molecule has 31 heavy (non-hydrogen) atoms. The van der Waals surface area contributed by atoms with Gasteiger partial charge in [-0.1, -0.05) is 6.07 Å². The topological polar surface area (TPSA) is 75.1 Å². The number of hydroxylamine groups is 2. The van der Waals surface area contributed by atoms with E-state index in [0.717, 1.165) is 37.9 Å². The van der Waals surface area contributed by atoms with Gasteiger partial charge in [0.05, 0.1) is 50.4 Å². The van der Waals surface area contributed by atoms with Crippen molar-refractivity contribution < 1.29 is 23.9 Å². The van der Waals surface area contributed by atoms with E-state index in [0.29, 0.717) is 23.7 Å². The third-order valence-corrected chi connectivity index (χ3v) is 5.82. The van der Waals surface area contributed by atoms with E-state index in [-0.39, 0.29) is 30.9 Å². The third kappa shape index (κ3) is 5.14. The standard InChI is InChI=1S/C23H28FN3O4/c1-30-22-7-6-17(9-21(22)24)13-27(31-15-16-4-5-16)23(29)18-10-20(12-25-11-18)26-8-2-3-19(26)14-28/h6-7,9-12,16,19,28H,2-5,8,13-15H2,1H3/t19-/m0/s1. The number of methoxy groups -OCH3 is 1. The number of anilines is 1. The number of aliphatic hydroxyl groups is 1. The van der Waals surface area contributed by atoms with E-state index in [4.69, 9.17) is 9.57 Å². The number of rotatable bonds is 9. The first-order valence-corrected chi connectivity index (χ1v) is 10.7. The molecule has 1 saturated carbocycles. The minimum absolute atomic E-state index is 0.0386. The smallest absolute Gasteiger partial charge is 0.279 e. The predicted octanol–water partition coefficient (Wildman–Crippen LogP) is 3.17. The SMILES string of the molecule is COc1ccc(CN(OCC2CC2)C(=O)c2cncc(N3CCC[C@H]3CO)c2)cc1F. The van der Waals surface area contributed by atoms with Gasteiger partial charge in [0.15, 0.2) is 11.6 Å². The Balaban J connectivity index is 1.54. The number of pyridine rings is 1. The van der Waals surface area contributed by atoms with E-state index in [1.165, 1.54) is 24.4 Å². The van der Waals surface area contributed by atoms with Crippen LogP contribution in [0.4, 0.5) is 10.1 Å². The maximum Gasteiger partial charge on any atom is 0.279 e. The number of ether oxygens (including phenoxy) is 1. The lowest BCUT2D eigenvalue weighted by atomic mass is 10.2. The zero-order valence-electron chi connectivity index (χ0n) is 17.7. The number of nitrogens with zero attached hydrogens (tertiary/aromatic N) is 3. The molecular formula is C23H28FN3O4. The van der Waals surface area contributed by atoms with Crippen LogP contribution < -0.4 is 9.64 Å². The van der Waals surface area contributed by atoms with Crippen LogP contribution >= 0.6 is 0 Å². The van der Waals surface area contributed by atoms with E-state index < -0.39 is 5.82 Å². The molecule has 1 atom stereocenters. The predicted molar refractivity (Wildman–Crippen MR) is 113 cm³/mol. The van der Waals surface area contributed by atoms with E-state index in [2.05, 4.69) is 9.88 Å². The normalized spacial score (nSPS) is 18.3. The second-order valence-electron chi connectivity index (χ2n) is 8.15. The van der Waals surface area contributed by atoms with Crippen LogP contribution in [0.5, 0.6) is 5.75 Å². The number of halogens is 1. The summed E-state index contributed by atoms with van der Waals surface area (Å²) in [6, 6.07) is 6.43. The summed E-state index contributed by atoms with van der Waals surface area (Å²) in [5, 5.41) is 10.9. The summed E-state index contributed by atoms with van der Waals surface area (Å²) < 4.78 is 19.1. The number of hydrogen-bond donors (Lipinski definition) is 1. The van der Waals surface area contributed by atoms with Gasteiger partial charge in [-0.05, 0) is 55.4 Å². The molecule has 8 heteroatoms. The number of amides is 1. The number of benzene rings is 1. The molecule has 166 valence electrons. The largest absolute Gasteiger partial charge is 0.494 e. The van der Waals surface area contributed by atoms with Gasteiger partial charge in [-0.2, -0.15) is 0 Å². The summed E-state index contributed by atoms with van der Waals surface area (Å²) in [6.45, 7) is 1.45. The van der Waals surface area contributed by atoms with E-state index in [9.17, 15) is 14.3 Å². The minimum atomic E-state index is -0.484. The monoisotopic (exact) mass is 429 g/mol. The first-order valence-electron chi connectivity index (χ1n) is 10.7. The lowest BCUT2D eigenvalue weighted by molar-refractivity contribution is -0.133. The fraction of sp³-hybridized carbons (Fsp3) is 0.478. The van der Waals surface area contributed by atoms with Crippen molar-refractivity contribution in [3.05, 3.63) is 53.6 Å². The molecule has 4 rings (SSSR count). The van der Waals surface area contributed by atoms with Crippen LogP contribution in [-0.4, -0.2) is 54.0 Å². The Morgan fingerprint density at radius 1 is 1.29 bits per heavy atom. The Hall–Kier alpha value is -2.71. The summed E-state index contributed by atoms with van der Waals surface area (Å²) in [4.78, 5) is 25.5. The third-order valence-electron chi connectivity index (χ3n) is 5.82. The van der Waals surface area contributed by atoms with Crippen molar-refractivity contribution in [3.8, 4) is 5.75 Å². The molecule has 0 unspecified atom stereocenters. The second-order valence-corrected chi connectivity index (χ2v) is 8.15. The van der Waals surface area contributed by atoms with Crippen molar-refractivity contribution in [1.82, 2.24) is 10.0 Å². The Labute approximate surface area is 181 Å². The van der Waals surface area contributed by atoms with Crippen LogP contribution in [0.25, 0.3) is 0 Å². The summed E-state index contributed by atoms with van der Waals surface area (Å²) in [5.41, 5.74) is 1.80. The molecule has 1 aliphatic heterocycles. The van der Waals surface area contributed by atoms with Gasteiger partial charge in [0.25, 0.3) is 5.91 Å². The van der Waals surface area contributed by atoms with Gasteiger partial charge >= 0.3 is 0 Å². The van der Waals surface area contributed by atoms with E-state index >= 15 is 0 Å². The van der Waals surface area contributed by atoms with Gasteiger partial charge in [0.2, 0.25) is 0 Å². The molecule has 7 nitrogen and oxygen atoms in total. The van der Waals surface area contributed by atoms with Gasteiger partial charge in [-0.3, -0.25) is 14.6 Å². The summed E-state index contributed by atoms with van der Waals surface area (Å²) in [5.74, 6) is -0.197. The van der Waals surface area contributed by atoms with Gasteiger partial charge in [-0.25, -0.2) is 9.45 Å². The Morgan fingerprint density at radius 2 is 2.13 bits per heavy atom. The fourth-order valence-electron chi connectivity index (χ4n) is 3.84. The highest BCUT2D eigenvalue weighted by Crippen LogP contribution is 2.30. The van der Waals surface area contributed by atoms with Crippen LogP contribution in [-0.2, 0) is 11.4 Å². The lowest BCUT2D eigenvalue weighted by Gasteiger charge is -2.26. The van der Waals surface area contributed by atoms with Gasteiger partial charge in [0.1, 0.15) is 0 Å². The number of hydrogen-bond acceptors (Lipinski definition) is 6. The maximum absolute atomic E-state index is 14.1. The number of aromatic nitrogens is 1. The summed E-state index contributed by atoms with van der Waals surface area (Å²) in [7, 11) is 1.41. The Bertz CT molecular complexity index is 921. The molecule has 0 radical (unpaired) electrons. The van der Waals surface area contributed by atoms with Crippen LogP contribution in [0.3, 0.4) is 0 Å². The maximum atomic E-state index is 14.1. The zero-order valence-corrected chi connectivity index (χ0v) is 17.7. The molecule has 2 aromatic rings. The molecule has 2 heterocycles. The molecule has 2 fully saturated rings. The molecule has 1 aliphatic carbocycles. The Morgan fingerprint density at radius 3 is 2.84 bits per heavy atom. The summed E-state index contributed by atoms with van der Waals surface area (Å²) in [6.07, 6.45) is 7.30. The fourth-order valence-corrected chi connectivity index (χ4v) is 3.84. The lowest BCUT2D eigenvalue weighted by Crippen LogP contribution is -2.33. The van der Waals surface area contributed by atoms with Crippen LogP contribution in [0.1, 0.15) is 41.6 Å². The molecule has 0 spiro atoms. The zero-order chi connectivity index (χ0) is 21.8. The van der Waals surface area contributed by atoms with Crippen molar-refractivity contribution in [3.63, 3.8) is 0 Å². The van der Waals surface area contributed by atoms with Crippen molar-refractivity contribution in [2.45, 2.75) is 38.3 Å².